The zero-order valence-corrected chi connectivity index (χ0v) is 21.0. The Morgan fingerprint density at radius 3 is 2.29 bits per heavy atom. The normalized spacial score (nSPS) is 13.5. The number of aryl methyl sites for hydroxylation is 1. The molecule has 1 aliphatic carbocycles. The first-order valence-corrected chi connectivity index (χ1v) is 12.5. The van der Waals surface area contributed by atoms with Crippen molar-refractivity contribution >= 4 is 5.82 Å². The summed E-state index contributed by atoms with van der Waals surface area (Å²) in [7, 11) is 0. The number of hydrogen-bond donors (Lipinski definition) is 1. The third kappa shape index (κ3) is 4.92. The molecular weight excluding hydrogens is 495 g/mol. The Balaban J connectivity index is 1.40. The number of hydrogen-bond acceptors (Lipinski definition) is 6. The van der Waals surface area contributed by atoms with Gasteiger partial charge in [0.15, 0.2) is 5.75 Å². The predicted molar refractivity (Wildman–Crippen MR) is 139 cm³/mol. The highest BCUT2D eigenvalue weighted by Gasteiger charge is 2.36. The molecule has 6 nitrogen and oxygen atoms in total. The van der Waals surface area contributed by atoms with E-state index in [2.05, 4.69) is 15.3 Å². The van der Waals surface area contributed by atoms with Crippen LogP contribution in [0, 0.1) is 0 Å². The number of rotatable bonds is 7. The van der Waals surface area contributed by atoms with Gasteiger partial charge in [0, 0.05) is 17.8 Å². The minimum Gasteiger partial charge on any atom is -0.486 e. The number of alkyl halides is 3. The highest BCUT2D eigenvalue weighted by Crippen LogP contribution is 2.36. The lowest BCUT2D eigenvalue weighted by molar-refractivity contribution is -0.145. The number of nitrogens with zero attached hydrogens (tertiary/aromatic N) is 2. The van der Waals surface area contributed by atoms with Crippen LogP contribution >= 0.6 is 0 Å². The van der Waals surface area contributed by atoms with E-state index in [9.17, 15) is 22.8 Å². The first-order chi connectivity index (χ1) is 18.1. The zero-order valence-electron chi connectivity index (χ0n) is 21.0. The van der Waals surface area contributed by atoms with Crippen molar-refractivity contribution < 1.29 is 17.9 Å². The molecule has 1 N–H and O–H groups in total. The largest absolute Gasteiger partial charge is 0.486 e. The van der Waals surface area contributed by atoms with Crippen molar-refractivity contribution in [2.24, 2.45) is 0 Å². The van der Waals surface area contributed by atoms with E-state index in [0.717, 1.165) is 35.1 Å². The quantitative estimate of drug-likeness (QED) is 0.314. The summed E-state index contributed by atoms with van der Waals surface area (Å²) < 4.78 is 45.7. The molecule has 38 heavy (non-hydrogen) atoms. The van der Waals surface area contributed by atoms with E-state index < -0.39 is 22.9 Å². The lowest BCUT2D eigenvalue weighted by Gasteiger charge is -2.20. The molecule has 4 aromatic rings. The number of fused-ring (bicyclic) bond motifs is 1. The second-order valence-corrected chi connectivity index (χ2v) is 9.65. The average Bonchev–Trinajstić information content (AvgIpc) is 2.91. The number of nitrogens with one attached hydrogen (secondary N) is 1. The van der Waals surface area contributed by atoms with Gasteiger partial charge < -0.3 is 10.1 Å². The van der Waals surface area contributed by atoms with Gasteiger partial charge in [0.05, 0.1) is 11.7 Å². The van der Waals surface area contributed by atoms with Crippen LogP contribution in [0.15, 0.2) is 58.1 Å². The Labute approximate surface area is 217 Å². The fourth-order valence-corrected chi connectivity index (χ4v) is 4.77. The van der Waals surface area contributed by atoms with Gasteiger partial charge in [-0.2, -0.15) is 13.2 Å². The lowest BCUT2D eigenvalue weighted by Crippen LogP contribution is -2.35. The van der Waals surface area contributed by atoms with E-state index in [1.54, 1.807) is 26.0 Å². The van der Waals surface area contributed by atoms with Gasteiger partial charge in [-0.15, -0.1) is 0 Å². The molecule has 1 heterocycles. The molecule has 0 radical (unpaired) electrons. The van der Waals surface area contributed by atoms with E-state index in [1.165, 1.54) is 0 Å². The average molecular weight is 522 g/mol. The molecule has 0 saturated carbocycles. The van der Waals surface area contributed by atoms with Crippen molar-refractivity contribution in [3.05, 3.63) is 91.6 Å². The Kier molecular flexibility index (Phi) is 6.77. The van der Waals surface area contributed by atoms with Crippen LogP contribution in [0.5, 0.6) is 5.75 Å². The first kappa shape index (κ1) is 25.6. The molecule has 0 bridgehead atoms. The zero-order chi connectivity index (χ0) is 27.0. The number of ether oxygens (including phenoxy) is 1. The van der Waals surface area contributed by atoms with Crippen molar-refractivity contribution in [1.29, 1.82) is 0 Å². The van der Waals surface area contributed by atoms with E-state index in [0.29, 0.717) is 24.1 Å². The highest BCUT2D eigenvalue weighted by atomic mass is 19.4. The Bertz CT molecular complexity index is 1550. The third-order valence-electron chi connectivity index (χ3n) is 6.58. The molecule has 196 valence electrons. The number of halogens is 3. The molecule has 0 atom stereocenters. The molecule has 0 fully saturated rings. The summed E-state index contributed by atoms with van der Waals surface area (Å²) in [6.45, 7) is 3.87. The smallest absolute Gasteiger partial charge is 0.451 e. The van der Waals surface area contributed by atoms with E-state index in [-0.39, 0.29) is 29.8 Å². The number of benzene rings is 2. The van der Waals surface area contributed by atoms with Crippen LogP contribution in [0.3, 0.4) is 0 Å². The molecule has 9 heteroatoms. The fraction of sp³-hybridized carbons (Fsp3) is 0.310. The van der Waals surface area contributed by atoms with Crippen LogP contribution in [0.4, 0.5) is 19.0 Å². The molecule has 1 aliphatic rings. The lowest BCUT2D eigenvalue weighted by atomic mass is 9.91. The van der Waals surface area contributed by atoms with Crippen LogP contribution in [0.25, 0.3) is 22.3 Å². The number of anilines is 1. The van der Waals surface area contributed by atoms with E-state index in [1.807, 2.05) is 36.4 Å². The summed E-state index contributed by atoms with van der Waals surface area (Å²) in [5, 5.41) is 3.09. The summed E-state index contributed by atoms with van der Waals surface area (Å²) in [5.41, 5.74) is 3.37. The summed E-state index contributed by atoms with van der Waals surface area (Å²) in [5.74, 6) is -0.800. The van der Waals surface area contributed by atoms with Crippen molar-refractivity contribution in [2.45, 2.75) is 58.4 Å². The first-order valence-electron chi connectivity index (χ1n) is 12.5. The number of aromatic nitrogens is 2. The molecule has 0 saturated heterocycles. The standard InChI is InChI=1S/C29H26F3N3O3/c1-16(2)38-26-23(24(36)25(26)37)20-8-4-3-7-19(20)18-13-11-17(12-14-18)15-33-27-21-9-5-6-10-22(21)34-28(35-27)29(30,31)32/h3-4,7-8,11-14,16H,5-6,9-10,15H2,1-2H3,(H,33,34,35). The molecular formula is C29H26F3N3O3. The van der Waals surface area contributed by atoms with Gasteiger partial charge in [0.1, 0.15) is 5.82 Å². The molecule has 0 amide bonds. The van der Waals surface area contributed by atoms with Gasteiger partial charge in [-0.05, 0) is 61.8 Å². The maximum absolute atomic E-state index is 13.4. The molecule has 0 spiro atoms. The molecule has 1 aromatic heterocycles. The van der Waals surface area contributed by atoms with Crippen molar-refractivity contribution in [1.82, 2.24) is 9.97 Å². The monoisotopic (exact) mass is 521 g/mol. The fourth-order valence-electron chi connectivity index (χ4n) is 4.77. The molecule has 5 rings (SSSR count). The van der Waals surface area contributed by atoms with Gasteiger partial charge in [-0.25, -0.2) is 9.97 Å². The van der Waals surface area contributed by atoms with Crippen LogP contribution in [0.2, 0.25) is 0 Å². The van der Waals surface area contributed by atoms with Crippen LogP contribution < -0.4 is 20.9 Å². The minimum atomic E-state index is -4.61. The van der Waals surface area contributed by atoms with Crippen molar-refractivity contribution in [3.63, 3.8) is 0 Å². The van der Waals surface area contributed by atoms with Crippen LogP contribution in [-0.4, -0.2) is 16.1 Å². The Morgan fingerprint density at radius 2 is 1.61 bits per heavy atom. The van der Waals surface area contributed by atoms with Crippen LogP contribution in [0.1, 0.15) is 49.3 Å². The van der Waals surface area contributed by atoms with Crippen LogP contribution in [-0.2, 0) is 25.6 Å². The summed E-state index contributed by atoms with van der Waals surface area (Å²) >= 11 is 0. The Hall–Kier alpha value is -4.01. The SMILES string of the molecule is CC(C)Oc1c(-c2ccccc2-c2ccc(CNc3nc(C(F)(F)F)nc4c3CCCC4)cc2)c(=O)c1=O. The Morgan fingerprint density at radius 1 is 0.921 bits per heavy atom. The van der Waals surface area contributed by atoms with Gasteiger partial charge in [-0.3, -0.25) is 9.59 Å². The summed E-state index contributed by atoms with van der Waals surface area (Å²) in [6, 6.07) is 14.8. The summed E-state index contributed by atoms with van der Waals surface area (Å²) in [6.07, 6.45) is -2.00. The molecule has 3 aromatic carbocycles. The van der Waals surface area contributed by atoms with Crippen molar-refractivity contribution in [2.75, 3.05) is 5.32 Å². The summed E-state index contributed by atoms with van der Waals surface area (Å²) in [4.78, 5) is 32.1. The third-order valence-corrected chi connectivity index (χ3v) is 6.58. The predicted octanol–water partition coefficient (Wildman–Crippen LogP) is 5.70. The maximum atomic E-state index is 13.4. The highest BCUT2D eigenvalue weighted by molar-refractivity contribution is 5.87. The van der Waals surface area contributed by atoms with Gasteiger partial charge in [-0.1, -0.05) is 48.5 Å². The molecule has 0 aliphatic heterocycles. The van der Waals surface area contributed by atoms with Gasteiger partial charge in [0.2, 0.25) is 11.3 Å². The molecule has 0 unspecified atom stereocenters. The topological polar surface area (TPSA) is 81.2 Å². The second-order valence-electron chi connectivity index (χ2n) is 9.65. The van der Waals surface area contributed by atoms with E-state index in [4.69, 9.17) is 4.74 Å². The maximum Gasteiger partial charge on any atom is 0.451 e. The van der Waals surface area contributed by atoms with E-state index >= 15 is 0 Å². The van der Waals surface area contributed by atoms with Gasteiger partial charge in [0.25, 0.3) is 5.43 Å². The minimum absolute atomic E-state index is 0.0877. The van der Waals surface area contributed by atoms with Gasteiger partial charge >= 0.3 is 6.18 Å². The second kappa shape index (κ2) is 10.0. The van der Waals surface area contributed by atoms with Crippen molar-refractivity contribution in [3.8, 4) is 28.0 Å².